The van der Waals surface area contributed by atoms with Crippen LogP contribution in [0.1, 0.15) is 22.3 Å². The number of hydrogen-bond donors (Lipinski definition) is 3. The Bertz CT molecular complexity index is 691. The second-order valence-corrected chi connectivity index (χ2v) is 5.53. The number of phenolic OH excluding ortho intramolecular Hbond substituents is 1. The second kappa shape index (κ2) is 5.35. The van der Waals surface area contributed by atoms with Crippen LogP contribution in [0.15, 0.2) is 48.5 Å². The number of rotatable bonds is 3. The van der Waals surface area contributed by atoms with Crippen LogP contribution in [0.25, 0.3) is 6.08 Å². The maximum Gasteiger partial charge on any atom is 0.119 e. The summed E-state index contributed by atoms with van der Waals surface area (Å²) in [6, 6.07) is 13.0. The summed E-state index contributed by atoms with van der Waals surface area (Å²) in [5, 5.41) is 29.3. The fourth-order valence-electron chi connectivity index (χ4n) is 2.98. The van der Waals surface area contributed by atoms with Gasteiger partial charge in [-0.2, -0.15) is 0 Å². The van der Waals surface area contributed by atoms with Crippen LogP contribution in [0.3, 0.4) is 0 Å². The Morgan fingerprint density at radius 2 is 1.86 bits per heavy atom. The Hall–Kier alpha value is -2.10. The Morgan fingerprint density at radius 3 is 2.57 bits per heavy atom. The minimum absolute atomic E-state index is 0.0196. The van der Waals surface area contributed by atoms with Gasteiger partial charge in [0.15, 0.2) is 0 Å². The number of aliphatic hydroxyl groups excluding tert-OH is 2. The van der Waals surface area contributed by atoms with Crippen molar-refractivity contribution in [3.05, 3.63) is 70.8 Å². The van der Waals surface area contributed by atoms with Crippen molar-refractivity contribution >= 4 is 6.08 Å². The summed E-state index contributed by atoms with van der Waals surface area (Å²) in [6.45, 7) is -0.0476. The van der Waals surface area contributed by atoms with Gasteiger partial charge in [0, 0.05) is 11.0 Å². The van der Waals surface area contributed by atoms with E-state index < -0.39 is 5.41 Å². The number of aliphatic hydroxyl groups is 2. The van der Waals surface area contributed by atoms with Crippen LogP contribution in [-0.4, -0.2) is 21.9 Å². The summed E-state index contributed by atoms with van der Waals surface area (Å²) in [5.74, 6) is 0.201. The quantitative estimate of drug-likeness (QED) is 0.810. The van der Waals surface area contributed by atoms with E-state index in [1.807, 2.05) is 42.5 Å². The molecule has 0 bridgehead atoms. The molecular weight excluding hydrogens is 264 g/mol. The number of phenols is 1. The van der Waals surface area contributed by atoms with Gasteiger partial charge in [-0.25, -0.2) is 0 Å². The van der Waals surface area contributed by atoms with Crippen molar-refractivity contribution in [1.29, 1.82) is 0 Å². The molecule has 1 atom stereocenters. The number of benzene rings is 2. The zero-order chi connectivity index (χ0) is 14.9. The molecule has 0 aliphatic heterocycles. The molecule has 1 aliphatic carbocycles. The van der Waals surface area contributed by atoms with Gasteiger partial charge in [0.2, 0.25) is 0 Å². The summed E-state index contributed by atoms with van der Waals surface area (Å²) in [7, 11) is 0. The predicted molar refractivity (Wildman–Crippen MR) is 82.0 cm³/mol. The maximum absolute atomic E-state index is 10.1. The van der Waals surface area contributed by atoms with E-state index in [-0.39, 0.29) is 19.0 Å². The number of fused-ring (bicyclic) bond motifs is 1. The van der Waals surface area contributed by atoms with E-state index in [4.69, 9.17) is 0 Å². The van der Waals surface area contributed by atoms with E-state index >= 15 is 0 Å². The first kappa shape index (κ1) is 13.9. The predicted octanol–water partition coefficient (Wildman–Crippen LogP) is 2.38. The topological polar surface area (TPSA) is 60.7 Å². The molecule has 0 saturated heterocycles. The van der Waals surface area contributed by atoms with Gasteiger partial charge in [-0.15, -0.1) is 0 Å². The molecule has 0 amide bonds. The van der Waals surface area contributed by atoms with Crippen molar-refractivity contribution in [1.82, 2.24) is 0 Å². The number of para-hydroxylation sites is 1. The Kier molecular flexibility index (Phi) is 3.53. The lowest BCUT2D eigenvalue weighted by atomic mass is 9.71. The largest absolute Gasteiger partial charge is 0.508 e. The van der Waals surface area contributed by atoms with Gasteiger partial charge >= 0.3 is 0 Å². The molecule has 1 aliphatic rings. The molecule has 3 heteroatoms. The molecule has 108 valence electrons. The normalized spacial score (nSPS) is 20.3. The lowest BCUT2D eigenvalue weighted by Crippen LogP contribution is -2.33. The standard InChI is InChI=1S/C18H18O3/c19-11-13-5-6-15-10-18(12-20,8-7-14(15)9-13)16-3-1-2-4-17(16)21/h1-9,19-21H,10-12H2. The SMILES string of the molecule is OCc1ccc2c(c1)C=CC(CO)(c1ccccc1O)C2. The zero-order valence-corrected chi connectivity index (χ0v) is 11.7. The molecule has 3 N–H and O–H groups in total. The molecule has 0 fully saturated rings. The smallest absolute Gasteiger partial charge is 0.119 e. The molecule has 1 unspecified atom stereocenters. The molecular formula is C18H18O3. The molecule has 0 aromatic heterocycles. The second-order valence-electron chi connectivity index (χ2n) is 5.53. The molecule has 0 saturated carbocycles. The van der Waals surface area contributed by atoms with Gasteiger partial charge in [-0.1, -0.05) is 42.5 Å². The molecule has 0 spiro atoms. The molecule has 2 aromatic rings. The van der Waals surface area contributed by atoms with E-state index in [2.05, 4.69) is 0 Å². The third kappa shape index (κ3) is 2.35. The summed E-state index contributed by atoms with van der Waals surface area (Å²) in [4.78, 5) is 0. The maximum atomic E-state index is 10.1. The van der Waals surface area contributed by atoms with E-state index in [1.165, 1.54) is 0 Å². The van der Waals surface area contributed by atoms with Crippen LogP contribution in [-0.2, 0) is 18.4 Å². The third-order valence-corrected chi connectivity index (χ3v) is 4.20. The summed E-state index contributed by atoms with van der Waals surface area (Å²) in [5.41, 5.74) is 3.17. The third-order valence-electron chi connectivity index (χ3n) is 4.20. The molecule has 2 aromatic carbocycles. The van der Waals surface area contributed by atoms with Crippen molar-refractivity contribution in [2.24, 2.45) is 0 Å². The summed E-state index contributed by atoms with van der Waals surface area (Å²) < 4.78 is 0. The molecule has 3 rings (SSSR count). The molecule has 3 nitrogen and oxygen atoms in total. The van der Waals surface area contributed by atoms with E-state index in [0.29, 0.717) is 6.42 Å². The number of hydrogen-bond acceptors (Lipinski definition) is 3. The monoisotopic (exact) mass is 282 g/mol. The zero-order valence-electron chi connectivity index (χ0n) is 11.7. The van der Waals surface area contributed by atoms with Gasteiger partial charge in [-0.05, 0) is 35.2 Å². The summed E-state index contributed by atoms with van der Waals surface area (Å²) in [6.07, 6.45) is 4.53. The minimum atomic E-state index is -0.598. The minimum Gasteiger partial charge on any atom is -0.508 e. The first-order valence-corrected chi connectivity index (χ1v) is 7.00. The van der Waals surface area contributed by atoms with Crippen LogP contribution >= 0.6 is 0 Å². The molecule has 0 radical (unpaired) electrons. The lowest BCUT2D eigenvalue weighted by molar-refractivity contribution is 0.220. The van der Waals surface area contributed by atoms with Crippen LogP contribution in [0.5, 0.6) is 5.75 Å². The van der Waals surface area contributed by atoms with Crippen molar-refractivity contribution < 1.29 is 15.3 Å². The molecule has 21 heavy (non-hydrogen) atoms. The van der Waals surface area contributed by atoms with Gasteiger partial charge in [0.05, 0.1) is 13.2 Å². The van der Waals surface area contributed by atoms with Crippen LogP contribution in [0.4, 0.5) is 0 Å². The Balaban J connectivity index is 2.06. The van der Waals surface area contributed by atoms with Crippen LogP contribution in [0, 0.1) is 0 Å². The first-order valence-electron chi connectivity index (χ1n) is 7.00. The van der Waals surface area contributed by atoms with Crippen molar-refractivity contribution in [3.63, 3.8) is 0 Å². The lowest BCUT2D eigenvalue weighted by Gasteiger charge is -2.33. The fraction of sp³-hybridized carbons (Fsp3) is 0.222. The van der Waals surface area contributed by atoms with Gasteiger partial charge < -0.3 is 15.3 Å². The Labute approximate surface area is 123 Å². The number of aromatic hydroxyl groups is 1. The highest BCUT2D eigenvalue weighted by Crippen LogP contribution is 2.39. The average Bonchev–Trinajstić information content (AvgIpc) is 2.54. The van der Waals surface area contributed by atoms with Gasteiger partial charge in [-0.3, -0.25) is 0 Å². The van der Waals surface area contributed by atoms with E-state index in [1.54, 1.807) is 12.1 Å². The van der Waals surface area contributed by atoms with Gasteiger partial charge in [0.25, 0.3) is 0 Å². The Morgan fingerprint density at radius 1 is 1.05 bits per heavy atom. The fourth-order valence-corrected chi connectivity index (χ4v) is 2.98. The highest BCUT2D eigenvalue weighted by Gasteiger charge is 2.34. The van der Waals surface area contributed by atoms with Crippen LogP contribution in [0.2, 0.25) is 0 Å². The molecule has 0 heterocycles. The van der Waals surface area contributed by atoms with Crippen molar-refractivity contribution in [2.75, 3.05) is 6.61 Å². The van der Waals surface area contributed by atoms with Crippen molar-refractivity contribution in [3.8, 4) is 5.75 Å². The highest BCUT2D eigenvalue weighted by atomic mass is 16.3. The van der Waals surface area contributed by atoms with E-state index in [0.717, 1.165) is 22.3 Å². The average molecular weight is 282 g/mol. The van der Waals surface area contributed by atoms with Crippen LogP contribution < -0.4 is 0 Å². The summed E-state index contributed by atoms with van der Waals surface area (Å²) >= 11 is 0. The van der Waals surface area contributed by atoms with Crippen molar-refractivity contribution in [2.45, 2.75) is 18.4 Å². The van der Waals surface area contributed by atoms with Gasteiger partial charge in [0.1, 0.15) is 5.75 Å². The van der Waals surface area contributed by atoms with E-state index in [9.17, 15) is 15.3 Å². The highest BCUT2D eigenvalue weighted by molar-refractivity contribution is 5.62. The first-order chi connectivity index (χ1) is 10.2.